The van der Waals surface area contributed by atoms with Crippen molar-refractivity contribution in [1.29, 1.82) is 5.41 Å². The Morgan fingerprint density at radius 1 is 1.71 bits per heavy atom. The van der Waals surface area contributed by atoms with Crippen LogP contribution in [-0.4, -0.2) is 22.1 Å². The molecule has 14 heavy (non-hydrogen) atoms. The summed E-state index contributed by atoms with van der Waals surface area (Å²) in [5.41, 5.74) is 0.246. The fourth-order valence-corrected chi connectivity index (χ4v) is 2.14. The molecule has 0 bridgehead atoms. The highest BCUT2D eigenvalue weighted by Crippen LogP contribution is 2.24. The number of aromatic nitrogens is 2. The standard InChI is InChI=1S/C9H13ClN4/c1-3-13-6(2)5-14-8(13)4-7(10)12-9(14)11/h4,6,11H,3,5H2,1-2H3/t6-/m0/s1. The van der Waals surface area contributed by atoms with E-state index in [1.807, 2.05) is 10.6 Å². The van der Waals surface area contributed by atoms with Crippen molar-refractivity contribution in [2.24, 2.45) is 0 Å². The van der Waals surface area contributed by atoms with Crippen LogP contribution in [0, 0.1) is 5.41 Å². The monoisotopic (exact) mass is 212 g/mol. The van der Waals surface area contributed by atoms with Crippen molar-refractivity contribution in [3.63, 3.8) is 0 Å². The zero-order valence-electron chi connectivity index (χ0n) is 8.29. The average Bonchev–Trinajstić information content (AvgIpc) is 2.41. The van der Waals surface area contributed by atoms with Crippen LogP contribution in [0.3, 0.4) is 0 Å². The molecule has 0 spiro atoms. The fourth-order valence-electron chi connectivity index (χ4n) is 1.97. The Balaban J connectivity index is 2.58. The highest BCUT2D eigenvalue weighted by Gasteiger charge is 2.25. The Morgan fingerprint density at radius 2 is 2.43 bits per heavy atom. The molecule has 2 heterocycles. The van der Waals surface area contributed by atoms with E-state index in [0.29, 0.717) is 11.2 Å². The summed E-state index contributed by atoms with van der Waals surface area (Å²) >= 11 is 5.83. The average molecular weight is 213 g/mol. The van der Waals surface area contributed by atoms with Crippen LogP contribution in [0.15, 0.2) is 6.07 Å². The molecule has 1 atom stereocenters. The van der Waals surface area contributed by atoms with Crippen molar-refractivity contribution in [3.05, 3.63) is 16.8 Å². The van der Waals surface area contributed by atoms with E-state index in [4.69, 9.17) is 17.0 Å². The van der Waals surface area contributed by atoms with E-state index < -0.39 is 0 Å². The molecule has 0 radical (unpaired) electrons. The summed E-state index contributed by atoms with van der Waals surface area (Å²) in [6, 6.07) is 2.25. The Kier molecular flexibility index (Phi) is 2.23. The van der Waals surface area contributed by atoms with Crippen LogP contribution >= 0.6 is 11.6 Å². The molecule has 1 aromatic heterocycles. The zero-order valence-corrected chi connectivity index (χ0v) is 9.04. The van der Waals surface area contributed by atoms with Crippen molar-refractivity contribution in [1.82, 2.24) is 9.55 Å². The van der Waals surface area contributed by atoms with Gasteiger partial charge in [-0.15, -0.1) is 0 Å². The fraction of sp³-hybridized carbons (Fsp3) is 0.556. The molecule has 0 saturated heterocycles. The van der Waals surface area contributed by atoms with Crippen LogP contribution in [0.4, 0.5) is 5.82 Å². The quantitative estimate of drug-likeness (QED) is 0.712. The number of halogens is 1. The van der Waals surface area contributed by atoms with E-state index in [1.165, 1.54) is 0 Å². The van der Waals surface area contributed by atoms with Gasteiger partial charge >= 0.3 is 0 Å². The van der Waals surface area contributed by atoms with Crippen LogP contribution in [0.2, 0.25) is 5.15 Å². The van der Waals surface area contributed by atoms with Crippen molar-refractivity contribution >= 4 is 17.4 Å². The summed E-state index contributed by atoms with van der Waals surface area (Å²) in [6.45, 7) is 6.00. The lowest BCUT2D eigenvalue weighted by Crippen LogP contribution is -2.28. The van der Waals surface area contributed by atoms with Crippen molar-refractivity contribution in [2.75, 3.05) is 11.4 Å². The third-order valence-electron chi connectivity index (χ3n) is 2.61. The minimum atomic E-state index is 0.246. The summed E-state index contributed by atoms with van der Waals surface area (Å²) in [6.07, 6.45) is 0. The second-order valence-corrected chi connectivity index (χ2v) is 3.89. The zero-order chi connectivity index (χ0) is 10.3. The van der Waals surface area contributed by atoms with Gasteiger partial charge in [0.2, 0.25) is 5.62 Å². The van der Waals surface area contributed by atoms with E-state index in [2.05, 4.69) is 23.7 Å². The summed E-state index contributed by atoms with van der Waals surface area (Å²) in [5, 5.41) is 8.09. The summed E-state index contributed by atoms with van der Waals surface area (Å²) in [7, 11) is 0. The summed E-state index contributed by atoms with van der Waals surface area (Å²) in [4.78, 5) is 6.14. The van der Waals surface area contributed by atoms with Gasteiger partial charge in [-0.3, -0.25) is 9.98 Å². The molecule has 0 aromatic carbocycles. The number of anilines is 1. The lowest BCUT2D eigenvalue weighted by molar-refractivity contribution is 0.607. The van der Waals surface area contributed by atoms with E-state index in [1.54, 1.807) is 0 Å². The summed E-state index contributed by atoms with van der Waals surface area (Å²) in [5.74, 6) is 1.00. The molecule has 1 aliphatic heterocycles. The van der Waals surface area contributed by atoms with Gasteiger partial charge in [-0.25, -0.2) is 4.98 Å². The topological polar surface area (TPSA) is 44.9 Å². The maximum atomic E-state index is 7.69. The van der Waals surface area contributed by atoms with E-state index in [0.717, 1.165) is 18.9 Å². The van der Waals surface area contributed by atoms with Gasteiger partial charge in [-0.2, -0.15) is 0 Å². The molecule has 0 unspecified atom stereocenters. The van der Waals surface area contributed by atoms with Crippen LogP contribution in [0.1, 0.15) is 13.8 Å². The van der Waals surface area contributed by atoms with Gasteiger partial charge < -0.3 is 4.90 Å². The molecule has 5 heteroatoms. The minimum absolute atomic E-state index is 0.246. The van der Waals surface area contributed by atoms with Crippen LogP contribution < -0.4 is 10.5 Å². The first-order valence-corrected chi connectivity index (χ1v) is 5.10. The molecule has 0 fully saturated rings. The number of nitrogens with zero attached hydrogens (tertiary/aromatic N) is 3. The smallest absolute Gasteiger partial charge is 0.224 e. The third kappa shape index (κ3) is 1.30. The molecular weight excluding hydrogens is 200 g/mol. The molecule has 2 rings (SSSR count). The van der Waals surface area contributed by atoms with Crippen LogP contribution in [0.25, 0.3) is 0 Å². The second-order valence-electron chi connectivity index (χ2n) is 3.51. The normalized spacial score (nSPS) is 19.9. The number of hydrogen-bond acceptors (Lipinski definition) is 3. The predicted molar refractivity (Wildman–Crippen MR) is 55.6 cm³/mol. The molecule has 1 N–H and O–H groups in total. The highest BCUT2D eigenvalue weighted by molar-refractivity contribution is 6.29. The maximum absolute atomic E-state index is 7.69. The molecule has 1 aliphatic rings. The Hall–Kier alpha value is -1.03. The van der Waals surface area contributed by atoms with Crippen LogP contribution in [0.5, 0.6) is 0 Å². The third-order valence-corrected chi connectivity index (χ3v) is 2.80. The predicted octanol–water partition coefficient (Wildman–Crippen LogP) is 1.24. The molecule has 0 amide bonds. The first-order valence-electron chi connectivity index (χ1n) is 4.72. The van der Waals surface area contributed by atoms with Gasteiger partial charge in [0.05, 0.1) is 0 Å². The number of hydrogen-bond donors (Lipinski definition) is 1. The minimum Gasteiger partial charge on any atom is -0.354 e. The molecule has 0 aliphatic carbocycles. The van der Waals surface area contributed by atoms with E-state index in [-0.39, 0.29) is 5.62 Å². The largest absolute Gasteiger partial charge is 0.354 e. The second kappa shape index (κ2) is 3.28. The van der Waals surface area contributed by atoms with Crippen LogP contribution in [-0.2, 0) is 6.54 Å². The van der Waals surface area contributed by atoms with Gasteiger partial charge in [0.1, 0.15) is 11.0 Å². The molecule has 76 valence electrons. The van der Waals surface area contributed by atoms with Crippen molar-refractivity contribution in [3.8, 4) is 0 Å². The maximum Gasteiger partial charge on any atom is 0.224 e. The molecule has 4 nitrogen and oxygen atoms in total. The first-order chi connectivity index (χ1) is 6.63. The summed E-state index contributed by atoms with van der Waals surface area (Å²) < 4.78 is 1.89. The number of likely N-dealkylation sites (N-methyl/N-ethyl adjacent to an activating group) is 1. The van der Waals surface area contributed by atoms with Crippen molar-refractivity contribution < 1.29 is 0 Å². The Labute approximate surface area is 87.6 Å². The number of rotatable bonds is 1. The lowest BCUT2D eigenvalue weighted by atomic mass is 10.3. The van der Waals surface area contributed by atoms with Gasteiger partial charge in [-0.05, 0) is 13.8 Å². The Morgan fingerprint density at radius 3 is 3.07 bits per heavy atom. The van der Waals surface area contributed by atoms with Gasteiger partial charge in [0.15, 0.2) is 0 Å². The van der Waals surface area contributed by atoms with E-state index in [9.17, 15) is 0 Å². The van der Waals surface area contributed by atoms with Gasteiger partial charge in [-0.1, -0.05) is 11.6 Å². The Bertz CT molecular complexity index is 412. The first kappa shape index (κ1) is 9.52. The van der Waals surface area contributed by atoms with E-state index >= 15 is 0 Å². The van der Waals surface area contributed by atoms with Gasteiger partial charge in [0, 0.05) is 25.2 Å². The van der Waals surface area contributed by atoms with Crippen molar-refractivity contribution in [2.45, 2.75) is 26.4 Å². The number of fused-ring (bicyclic) bond motifs is 1. The highest BCUT2D eigenvalue weighted by atomic mass is 35.5. The number of nitrogens with one attached hydrogen (secondary N) is 1. The molecule has 0 saturated carbocycles. The SMILES string of the molecule is CCN1c2cc(Cl)nc(=N)n2C[C@@H]1C. The molecular formula is C9H13ClN4. The molecule has 1 aromatic rings. The van der Waals surface area contributed by atoms with Gasteiger partial charge in [0.25, 0.3) is 0 Å². The lowest BCUT2D eigenvalue weighted by Gasteiger charge is -2.20.